The van der Waals surface area contributed by atoms with Crippen molar-refractivity contribution in [3.63, 3.8) is 0 Å². The normalized spacial score (nSPS) is 13.9. The van der Waals surface area contributed by atoms with E-state index in [9.17, 15) is 18.3 Å². The molecule has 1 nitrogen and oxygen atoms in total. The summed E-state index contributed by atoms with van der Waals surface area (Å²) in [6, 6.07) is 4.83. The van der Waals surface area contributed by atoms with Gasteiger partial charge in [-0.3, -0.25) is 0 Å². The number of halogens is 3. The third-order valence-electron chi connectivity index (χ3n) is 2.16. The zero-order valence-electron chi connectivity index (χ0n) is 8.38. The number of aliphatic hydroxyl groups is 1. The van der Waals surface area contributed by atoms with E-state index in [4.69, 9.17) is 0 Å². The largest absolute Gasteiger partial charge is 0.416 e. The molecule has 84 valence electrons. The molecule has 0 heterocycles. The van der Waals surface area contributed by atoms with Crippen molar-refractivity contribution in [1.82, 2.24) is 0 Å². The number of hydrogen-bond acceptors (Lipinski definition) is 1. The average Bonchev–Trinajstić information content (AvgIpc) is 2.17. The van der Waals surface area contributed by atoms with Crippen LogP contribution in [0, 0.1) is 0 Å². The maximum atomic E-state index is 12.3. The molecule has 1 rings (SSSR count). The summed E-state index contributed by atoms with van der Waals surface area (Å²) in [5, 5.41) is 9.54. The highest BCUT2D eigenvalue weighted by Gasteiger charge is 2.30. The van der Waals surface area contributed by atoms with E-state index in [0.717, 1.165) is 18.6 Å². The SMILES string of the molecule is CCC[C@H](O)c1cccc(C(F)(F)F)c1. The van der Waals surface area contributed by atoms with Gasteiger partial charge in [0.1, 0.15) is 0 Å². The van der Waals surface area contributed by atoms with Gasteiger partial charge in [0.05, 0.1) is 11.7 Å². The lowest BCUT2D eigenvalue weighted by Crippen LogP contribution is -2.06. The third kappa shape index (κ3) is 3.23. The highest BCUT2D eigenvalue weighted by Crippen LogP contribution is 2.31. The molecule has 0 bridgehead atoms. The highest BCUT2D eigenvalue weighted by molar-refractivity contribution is 5.27. The summed E-state index contributed by atoms with van der Waals surface area (Å²) < 4.78 is 37.0. The van der Waals surface area contributed by atoms with Crippen LogP contribution in [0.3, 0.4) is 0 Å². The van der Waals surface area contributed by atoms with Gasteiger partial charge in [0.2, 0.25) is 0 Å². The Balaban J connectivity index is 2.92. The van der Waals surface area contributed by atoms with E-state index in [2.05, 4.69) is 0 Å². The molecule has 0 unspecified atom stereocenters. The summed E-state index contributed by atoms with van der Waals surface area (Å²) in [6.07, 6.45) is -3.95. The molecule has 0 spiro atoms. The van der Waals surface area contributed by atoms with Crippen molar-refractivity contribution in [2.75, 3.05) is 0 Å². The number of benzene rings is 1. The Morgan fingerprint density at radius 2 is 2.00 bits per heavy atom. The molecule has 0 saturated carbocycles. The van der Waals surface area contributed by atoms with Crippen LogP contribution in [0.5, 0.6) is 0 Å². The van der Waals surface area contributed by atoms with E-state index < -0.39 is 17.8 Å². The van der Waals surface area contributed by atoms with Gasteiger partial charge >= 0.3 is 6.18 Å². The quantitative estimate of drug-likeness (QED) is 0.822. The predicted molar refractivity (Wildman–Crippen MR) is 51.3 cm³/mol. The monoisotopic (exact) mass is 218 g/mol. The topological polar surface area (TPSA) is 20.2 Å². The first-order valence-electron chi connectivity index (χ1n) is 4.80. The molecule has 0 amide bonds. The van der Waals surface area contributed by atoms with Crippen molar-refractivity contribution < 1.29 is 18.3 Å². The van der Waals surface area contributed by atoms with Crippen LogP contribution in [0.2, 0.25) is 0 Å². The van der Waals surface area contributed by atoms with Gasteiger partial charge < -0.3 is 5.11 Å². The molecular weight excluding hydrogens is 205 g/mol. The third-order valence-corrected chi connectivity index (χ3v) is 2.16. The Kier molecular flexibility index (Phi) is 3.74. The maximum absolute atomic E-state index is 12.3. The fourth-order valence-electron chi connectivity index (χ4n) is 1.36. The highest BCUT2D eigenvalue weighted by atomic mass is 19.4. The molecule has 1 aromatic carbocycles. The van der Waals surface area contributed by atoms with E-state index in [0.29, 0.717) is 12.0 Å². The first-order chi connectivity index (χ1) is 6.95. The lowest BCUT2D eigenvalue weighted by atomic mass is 10.0. The van der Waals surface area contributed by atoms with Crippen LogP contribution in [0.4, 0.5) is 13.2 Å². The molecule has 0 saturated heterocycles. The fourth-order valence-corrected chi connectivity index (χ4v) is 1.36. The van der Waals surface area contributed by atoms with Crippen LogP contribution in [0.15, 0.2) is 24.3 Å². The van der Waals surface area contributed by atoms with Crippen LogP contribution in [-0.2, 0) is 6.18 Å². The van der Waals surface area contributed by atoms with Crippen molar-refractivity contribution in [2.45, 2.75) is 32.0 Å². The summed E-state index contributed by atoms with van der Waals surface area (Å²) in [6.45, 7) is 1.87. The minimum Gasteiger partial charge on any atom is -0.388 e. The molecule has 0 aliphatic carbocycles. The lowest BCUT2D eigenvalue weighted by Gasteiger charge is -2.12. The molecule has 0 aliphatic heterocycles. The molecule has 15 heavy (non-hydrogen) atoms. The van der Waals surface area contributed by atoms with Crippen molar-refractivity contribution in [2.24, 2.45) is 0 Å². The van der Waals surface area contributed by atoms with Gasteiger partial charge in [0.25, 0.3) is 0 Å². The average molecular weight is 218 g/mol. The standard InChI is InChI=1S/C11H13F3O/c1-2-4-10(15)8-5-3-6-9(7-8)11(12,13)14/h3,5-7,10,15H,2,4H2,1H3/t10-/m0/s1. The van der Waals surface area contributed by atoms with Gasteiger partial charge in [-0.25, -0.2) is 0 Å². The van der Waals surface area contributed by atoms with Crippen LogP contribution in [0.1, 0.15) is 37.0 Å². The first-order valence-corrected chi connectivity index (χ1v) is 4.80. The van der Waals surface area contributed by atoms with Crippen molar-refractivity contribution in [1.29, 1.82) is 0 Å². The molecule has 4 heteroatoms. The summed E-state index contributed by atoms with van der Waals surface area (Å²) in [7, 11) is 0. The zero-order chi connectivity index (χ0) is 11.5. The Bertz CT molecular complexity index is 320. The van der Waals surface area contributed by atoms with Gasteiger partial charge in [-0.05, 0) is 24.1 Å². The Labute approximate surface area is 86.5 Å². The molecule has 0 aromatic heterocycles. The minimum absolute atomic E-state index is 0.326. The zero-order valence-corrected chi connectivity index (χ0v) is 8.38. The number of aliphatic hydroxyl groups excluding tert-OH is 1. The van der Waals surface area contributed by atoms with Crippen molar-refractivity contribution in [3.8, 4) is 0 Å². The molecule has 1 aromatic rings. The second kappa shape index (κ2) is 4.66. The Hall–Kier alpha value is -1.03. The first kappa shape index (κ1) is 12.0. The fraction of sp³-hybridized carbons (Fsp3) is 0.455. The van der Waals surface area contributed by atoms with E-state index in [-0.39, 0.29) is 0 Å². The van der Waals surface area contributed by atoms with Crippen LogP contribution in [0.25, 0.3) is 0 Å². The van der Waals surface area contributed by atoms with Gasteiger partial charge in [0.15, 0.2) is 0 Å². The van der Waals surface area contributed by atoms with Crippen LogP contribution in [-0.4, -0.2) is 5.11 Å². The number of alkyl halides is 3. The second-order valence-corrected chi connectivity index (χ2v) is 3.43. The minimum atomic E-state index is -4.35. The summed E-state index contributed by atoms with van der Waals surface area (Å²) in [5.41, 5.74) is -0.387. The molecule has 0 aliphatic rings. The Morgan fingerprint density at radius 3 is 2.53 bits per heavy atom. The molecular formula is C11H13F3O. The van der Waals surface area contributed by atoms with E-state index in [1.165, 1.54) is 12.1 Å². The predicted octanol–water partition coefficient (Wildman–Crippen LogP) is 3.54. The Morgan fingerprint density at radius 1 is 1.33 bits per heavy atom. The number of rotatable bonds is 3. The van der Waals surface area contributed by atoms with E-state index >= 15 is 0 Å². The maximum Gasteiger partial charge on any atom is 0.416 e. The van der Waals surface area contributed by atoms with Crippen molar-refractivity contribution >= 4 is 0 Å². The smallest absolute Gasteiger partial charge is 0.388 e. The summed E-state index contributed by atoms with van der Waals surface area (Å²) in [4.78, 5) is 0. The number of hydrogen-bond donors (Lipinski definition) is 1. The molecule has 1 atom stereocenters. The van der Waals surface area contributed by atoms with Gasteiger partial charge in [-0.1, -0.05) is 25.5 Å². The van der Waals surface area contributed by atoms with Gasteiger partial charge in [-0.2, -0.15) is 13.2 Å². The van der Waals surface area contributed by atoms with Crippen LogP contribution >= 0.6 is 0 Å². The van der Waals surface area contributed by atoms with Crippen molar-refractivity contribution in [3.05, 3.63) is 35.4 Å². The van der Waals surface area contributed by atoms with Gasteiger partial charge in [0, 0.05) is 0 Å². The van der Waals surface area contributed by atoms with Crippen LogP contribution < -0.4 is 0 Å². The second-order valence-electron chi connectivity index (χ2n) is 3.43. The summed E-state index contributed by atoms with van der Waals surface area (Å²) >= 11 is 0. The van der Waals surface area contributed by atoms with E-state index in [1.807, 2.05) is 6.92 Å². The lowest BCUT2D eigenvalue weighted by molar-refractivity contribution is -0.137. The van der Waals surface area contributed by atoms with E-state index in [1.54, 1.807) is 0 Å². The molecule has 0 fully saturated rings. The molecule has 0 radical (unpaired) electrons. The molecule has 1 N–H and O–H groups in total. The van der Waals surface area contributed by atoms with Gasteiger partial charge in [-0.15, -0.1) is 0 Å². The summed E-state index contributed by atoms with van der Waals surface area (Å²) in [5.74, 6) is 0.